The van der Waals surface area contributed by atoms with E-state index in [-0.39, 0.29) is 19.0 Å². The molecule has 0 atom stereocenters. The summed E-state index contributed by atoms with van der Waals surface area (Å²) in [5.74, 6) is 1.79. The first kappa shape index (κ1) is 21.8. The van der Waals surface area contributed by atoms with Crippen LogP contribution in [0.15, 0.2) is 24.3 Å². The molecular weight excluding hydrogens is 356 g/mol. The molecule has 0 aliphatic heterocycles. The van der Waals surface area contributed by atoms with E-state index in [1.807, 2.05) is 42.8 Å². The quantitative estimate of drug-likeness (QED) is 0.428. The van der Waals surface area contributed by atoms with Gasteiger partial charge in [0.1, 0.15) is 24.7 Å². The third-order valence-electron chi connectivity index (χ3n) is 4.30. The summed E-state index contributed by atoms with van der Waals surface area (Å²) in [5.41, 5.74) is 2.87. The molecule has 0 bridgehead atoms. The van der Waals surface area contributed by atoms with Gasteiger partial charge in [0.05, 0.1) is 18.7 Å². The lowest BCUT2D eigenvalue weighted by Gasteiger charge is -2.09. The maximum atomic E-state index is 12.2. The van der Waals surface area contributed by atoms with Crippen molar-refractivity contribution in [3.05, 3.63) is 41.2 Å². The van der Waals surface area contributed by atoms with Gasteiger partial charge >= 0.3 is 5.97 Å². The lowest BCUT2D eigenvalue weighted by Crippen LogP contribution is -2.15. The Hall–Kier alpha value is -2.50. The van der Waals surface area contributed by atoms with Crippen molar-refractivity contribution in [1.29, 1.82) is 0 Å². The summed E-state index contributed by atoms with van der Waals surface area (Å²) in [7, 11) is 0. The highest BCUT2D eigenvalue weighted by molar-refractivity contribution is 5.73. The van der Waals surface area contributed by atoms with Crippen molar-refractivity contribution in [2.24, 2.45) is 5.92 Å². The molecule has 1 heterocycles. The minimum atomic E-state index is -0.262. The molecule has 0 saturated carbocycles. The number of benzene rings is 1. The van der Waals surface area contributed by atoms with E-state index in [4.69, 9.17) is 14.2 Å². The second kappa shape index (κ2) is 10.7. The lowest BCUT2D eigenvalue weighted by atomic mass is 10.1. The lowest BCUT2D eigenvalue weighted by molar-refractivity contribution is -0.143. The number of carbonyl (C=O) groups excluding carboxylic acids is 1. The topological polar surface area (TPSA) is 62.6 Å². The van der Waals surface area contributed by atoms with Crippen molar-refractivity contribution in [1.82, 2.24) is 9.78 Å². The summed E-state index contributed by atoms with van der Waals surface area (Å²) in [6.45, 7) is 12.4. The van der Waals surface area contributed by atoms with Crippen molar-refractivity contribution in [3.63, 3.8) is 0 Å². The van der Waals surface area contributed by atoms with Gasteiger partial charge in [-0.1, -0.05) is 20.8 Å². The molecule has 0 unspecified atom stereocenters. The van der Waals surface area contributed by atoms with Gasteiger partial charge in [0.25, 0.3) is 0 Å². The van der Waals surface area contributed by atoms with Gasteiger partial charge in [0, 0.05) is 17.8 Å². The highest BCUT2D eigenvalue weighted by Gasteiger charge is 2.16. The number of nitrogens with zero attached hydrogens (tertiary/aromatic N) is 2. The molecule has 0 N–H and O–H groups in total. The Kier molecular flexibility index (Phi) is 8.36. The van der Waals surface area contributed by atoms with Crippen LogP contribution in [0.25, 0.3) is 0 Å². The number of rotatable bonds is 11. The van der Waals surface area contributed by atoms with Crippen molar-refractivity contribution in [3.8, 4) is 11.5 Å². The molecule has 0 saturated heterocycles. The molecule has 2 rings (SSSR count). The molecule has 1 aromatic carbocycles. The van der Waals surface area contributed by atoms with E-state index in [9.17, 15) is 4.79 Å². The normalized spacial score (nSPS) is 10.9. The van der Waals surface area contributed by atoms with Crippen LogP contribution in [-0.2, 0) is 22.5 Å². The molecule has 1 aromatic heterocycles. The fourth-order valence-electron chi connectivity index (χ4n) is 2.88. The Balaban J connectivity index is 1.75. The molecule has 0 radical (unpaired) electrons. The van der Waals surface area contributed by atoms with E-state index in [1.54, 1.807) is 0 Å². The summed E-state index contributed by atoms with van der Waals surface area (Å²) in [5, 5.41) is 4.54. The number of carbonyl (C=O) groups is 1. The van der Waals surface area contributed by atoms with Gasteiger partial charge in [-0.05, 0) is 50.5 Å². The van der Waals surface area contributed by atoms with Crippen molar-refractivity contribution in [2.45, 2.75) is 54.0 Å². The van der Waals surface area contributed by atoms with Crippen molar-refractivity contribution >= 4 is 5.97 Å². The average molecular weight is 389 g/mol. The van der Waals surface area contributed by atoms with Crippen LogP contribution < -0.4 is 9.47 Å². The maximum Gasteiger partial charge on any atom is 0.310 e. The number of hydrogen-bond acceptors (Lipinski definition) is 5. The summed E-state index contributed by atoms with van der Waals surface area (Å²) < 4.78 is 18.4. The summed E-state index contributed by atoms with van der Waals surface area (Å²) in [4.78, 5) is 12.2. The second-order valence-corrected chi connectivity index (χ2v) is 7.29. The van der Waals surface area contributed by atoms with Gasteiger partial charge in [-0.15, -0.1) is 0 Å². The highest BCUT2D eigenvalue weighted by Crippen LogP contribution is 2.18. The number of hydrogen-bond donors (Lipinski definition) is 0. The Bertz CT molecular complexity index is 751. The van der Waals surface area contributed by atoms with Crippen LogP contribution in [0.2, 0.25) is 0 Å². The van der Waals surface area contributed by atoms with Crippen LogP contribution in [0, 0.1) is 19.8 Å². The zero-order valence-corrected chi connectivity index (χ0v) is 17.7. The van der Waals surface area contributed by atoms with Crippen molar-refractivity contribution < 1.29 is 19.0 Å². The molecule has 0 fully saturated rings. The van der Waals surface area contributed by atoms with Crippen LogP contribution in [-0.4, -0.2) is 35.6 Å². The van der Waals surface area contributed by atoms with Gasteiger partial charge < -0.3 is 14.2 Å². The van der Waals surface area contributed by atoms with Gasteiger partial charge in [-0.2, -0.15) is 5.10 Å². The molecule has 28 heavy (non-hydrogen) atoms. The van der Waals surface area contributed by atoms with Gasteiger partial charge in [-0.25, -0.2) is 0 Å². The van der Waals surface area contributed by atoms with Crippen LogP contribution >= 0.6 is 0 Å². The van der Waals surface area contributed by atoms with Crippen LogP contribution in [0.3, 0.4) is 0 Å². The van der Waals surface area contributed by atoms with Crippen LogP contribution in [0.1, 0.15) is 44.1 Å². The number of ether oxygens (including phenoxy) is 3. The van der Waals surface area contributed by atoms with E-state index in [0.717, 1.165) is 41.4 Å². The summed E-state index contributed by atoms with van der Waals surface area (Å²) >= 11 is 0. The van der Waals surface area contributed by atoms with Crippen molar-refractivity contribution in [2.75, 3.05) is 19.8 Å². The number of aromatic nitrogens is 2. The predicted molar refractivity (Wildman–Crippen MR) is 109 cm³/mol. The smallest absolute Gasteiger partial charge is 0.310 e. The Labute approximate surface area is 167 Å². The molecule has 0 spiro atoms. The van der Waals surface area contributed by atoms with E-state index in [1.165, 1.54) is 0 Å². The average Bonchev–Trinajstić information content (AvgIpc) is 2.91. The predicted octanol–water partition coefficient (Wildman–Crippen LogP) is 4.11. The number of esters is 1. The van der Waals surface area contributed by atoms with E-state index in [0.29, 0.717) is 19.1 Å². The molecule has 0 aliphatic carbocycles. The third-order valence-corrected chi connectivity index (χ3v) is 4.30. The fraction of sp³-hybridized carbons (Fsp3) is 0.545. The van der Waals surface area contributed by atoms with E-state index < -0.39 is 0 Å². The molecule has 2 aromatic rings. The molecule has 0 aliphatic rings. The zero-order chi connectivity index (χ0) is 20.5. The fourth-order valence-corrected chi connectivity index (χ4v) is 2.88. The first-order chi connectivity index (χ1) is 13.4. The Morgan fingerprint density at radius 2 is 1.64 bits per heavy atom. The first-order valence-electron chi connectivity index (χ1n) is 9.94. The Morgan fingerprint density at radius 3 is 2.21 bits per heavy atom. The number of aryl methyl sites for hydroxylation is 1. The molecule has 154 valence electrons. The van der Waals surface area contributed by atoms with Crippen LogP contribution in [0.4, 0.5) is 0 Å². The molecular formula is C22H32N2O4. The summed E-state index contributed by atoms with van der Waals surface area (Å²) in [6, 6.07) is 7.44. The van der Waals surface area contributed by atoms with E-state index >= 15 is 0 Å². The molecule has 0 amide bonds. The van der Waals surface area contributed by atoms with Gasteiger partial charge in [-0.3, -0.25) is 9.48 Å². The van der Waals surface area contributed by atoms with Gasteiger partial charge in [0.2, 0.25) is 0 Å². The zero-order valence-electron chi connectivity index (χ0n) is 17.7. The van der Waals surface area contributed by atoms with Crippen LogP contribution in [0.5, 0.6) is 11.5 Å². The third kappa shape index (κ3) is 6.59. The summed E-state index contributed by atoms with van der Waals surface area (Å²) in [6.07, 6.45) is 1.21. The molecule has 6 heteroatoms. The monoisotopic (exact) mass is 388 g/mol. The minimum Gasteiger partial charge on any atom is -0.494 e. The standard InChI is InChI=1S/C22H32N2O4/c1-6-11-26-19-7-9-20(10-8-19)27-12-13-28-22(25)14-21-17(4)23-24(18(21)5)15-16(2)3/h7-10,16H,6,11-15H2,1-5H3. The van der Waals surface area contributed by atoms with E-state index in [2.05, 4.69) is 25.9 Å². The Morgan fingerprint density at radius 1 is 1.04 bits per heavy atom. The SMILES string of the molecule is CCCOc1ccc(OCCOC(=O)Cc2c(C)nn(CC(C)C)c2C)cc1. The largest absolute Gasteiger partial charge is 0.494 e. The first-order valence-corrected chi connectivity index (χ1v) is 9.94. The maximum absolute atomic E-state index is 12.2. The highest BCUT2D eigenvalue weighted by atomic mass is 16.6. The minimum absolute atomic E-state index is 0.213. The van der Waals surface area contributed by atoms with Gasteiger partial charge in [0.15, 0.2) is 0 Å². The molecule has 6 nitrogen and oxygen atoms in total. The second-order valence-electron chi connectivity index (χ2n) is 7.29.